The summed E-state index contributed by atoms with van der Waals surface area (Å²) in [4.78, 5) is 6.44. The van der Waals surface area contributed by atoms with E-state index in [1.165, 1.54) is 28.1 Å². The van der Waals surface area contributed by atoms with Gasteiger partial charge in [0.05, 0.1) is 5.69 Å². The first-order valence-electron chi connectivity index (χ1n) is 6.21. The number of benzene rings is 1. The van der Waals surface area contributed by atoms with Crippen LogP contribution in [0.2, 0.25) is 0 Å². The molecule has 0 saturated heterocycles. The number of rotatable bonds is 1. The van der Waals surface area contributed by atoms with E-state index in [4.69, 9.17) is 0 Å². The summed E-state index contributed by atoms with van der Waals surface area (Å²) >= 11 is 0. The molecule has 0 bridgehead atoms. The molecule has 2 aromatic rings. The van der Waals surface area contributed by atoms with Gasteiger partial charge in [-0.25, -0.2) is 0 Å². The van der Waals surface area contributed by atoms with Crippen LogP contribution in [-0.4, -0.2) is 4.98 Å². The van der Waals surface area contributed by atoms with Crippen LogP contribution in [0.1, 0.15) is 18.1 Å². The van der Waals surface area contributed by atoms with Gasteiger partial charge < -0.3 is 4.90 Å². The second-order valence-corrected chi connectivity index (χ2v) is 4.81. The fourth-order valence-corrected chi connectivity index (χ4v) is 2.47. The van der Waals surface area contributed by atoms with Crippen LogP contribution < -0.4 is 4.90 Å². The number of aromatic nitrogens is 1. The highest BCUT2D eigenvalue weighted by Gasteiger charge is 2.17. The summed E-state index contributed by atoms with van der Waals surface area (Å²) in [5, 5.41) is 0. The summed E-state index contributed by atoms with van der Waals surface area (Å²) in [5.41, 5.74) is 6.44. The Bertz CT molecular complexity index is 614. The van der Waals surface area contributed by atoms with Crippen LogP contribution in [0.3, 0.4) is 0 Å². The molecule has 2 nitrogen and oxygen atoms in total. The first kappa shape index (κ1) is 11.0. The molecule has 0 unspecified atom stereocenters. The van der Waals surface area contributed by atoms with E-state index in [1.54, 1.807) is 0 Å². The number of pyridine rings is 1. The predicted molar refractivity (Wildman–Crippen MR) is 75.0 cm³/mol. The normalized spacial score (nSPS) is 14.1. The molecule has 1 aliphatic rings. The molecule has 1 aromatic heterocycles. The van der Waals surface area contributed by atoms with Gasteiger partial charge in [0.2, 0.25) is 0 Å². The lowest BCUT2D eigenvalue weighted by atomic mass is 10.00. The van der Waals surface area contributed by atoms with Gasteiger partial charge >= 0.3 is 0 Å². The molecule has 0 radical (unpaired) electrons. The Morgan fingerprint density at radius 2 is 1.89 bits per heavy atom. The van der Waals surface area contributed by atoms with Crippen molar-refractivity contribution >= 4 is 11.4 Å². The quantitative estimate of drug-likeness (QED) is 0.744. The van der Waals surface area contributed by atoms with Crippen LogP contribution in [-0.2, 0) is 6.42 Å². The Labute approximate surface area is 108 Å². The smallest absolute Gasteiger partial charge is 0.0515 e. The standard InChI is InChI=1S/C16H16N2/c1-12-9-14-5-3-4-6-16(14)18(11-12)15-7-8-17-10-13(15)2/h3-8,10-11H,9H2,1-2H3. The number of hydrogen-bond donors (Lipinski definition) is 0. The van der Waals surface area contributed by atoms with Crippen molar-refractivity contribution in [3.05, 3.63) is 65.6 Å². The van der Waals surface area contributed by atoms with Gasteiger partial charge in [-0.15, -0.1) is 0 Å². The molecular weight excluding hydrogens is 220 g/mol. The molecular formula is C16H16N2. The second-order valence-electron chi connectivity index (χ2n) is 4.81. The Morgan fingerprint density at radius 1 is 1.06 bits per heavy atom. The topological polar surface area (TPSA) is 16.1 Å². The average Bonchev–Trinajstić information content (AvgIpc) is 2.38. The molecule has 0 aliphatic carbocycles. The van der Waals surface area contributed by atoms with Gasteiger partial charge in [0, 0.05) is 24.3 Å². The van der Waals surface area contributed by atoms with Crippen molar-refractivity contribution in [1.82, 2.24) is 4.98 Å². The zero-order valence-electron chi connectivity index (χ0n) is 10.7. The predicted octanol–water partition coefficient (Wildman–Crippen LogP) is 3.99. The maximum atomic E-state index is 4.17. The minimum atomic E-state index is 1.04. The number of nitrogens with zero attached hydrogens (tertiary/aromatic N) is 2. The van der Waals surface area contributed by atoms with Crippen molar-refractivity contribution in [2.75, 3.05) is 4.90 Å². The summed E-state index contributed by atoms with van der Waals surface area (Å²) < 4.78 is 0. The van der Waals surface area contributed by atoms with Crippen molar-refractivity contribution in [2.24, 2.45) is 0 Å². The van der Waals surface area contributed by atoms with Crippen LogP contribution in [0.4, 0.5) is 11.4 Å². The van der Waals surface area contributed by atoms with Crippen LogP contribution in [0.5, 0.6) is 0 Å². The van der Waals surface area contributed by atoms with Crippen LogP contribution in [0.15, 0.2) is 54.5 Å². The number of para-hydroxylation sites is 1. The Hall–Kier alpha value is -2.09. The highest BCUT2D eigenvalue weighted by Crippen LogP contribution is 2.35. The van der Waals surface area contributed by atoms with Crippen molar-refractivity contribution in [2.45, 2.75) is 20.3 Å². The molecule has 2 heteroatoms. The van der Waals surface area contributed by atoms with Gasteiger partial charge in [0.1, 0.15) is 0 Å². The average molecular weight is 236 g/mol. The zero-order chi connectivity index (χ0) is 12.5. The maximum absolute atomic E-state index is 4.17. The molecule has 0 amide bonds. The van der Waals surface area contributed by atoms with Crippen molar-refractivity contribution in [3.8, 4) is 0 Å². The summed E-state index contributed by atoms with van der Waals surface area (Å²) in [6.07, 6.45) is 7.03. The summed E-state index contributed by atoms with van der Waals surface area (Å²) in [6.45, 7) is 4.28. The SMILES string of the molecule is CC1=CN(c2ccncc2C)c2ccccc2C1. The number of aryl methyl sites for hydroxylation is 1. The molecule has 0 saturated carbocycles. The number of fused-ring (bicyclic) bond motifs is 1. The highest BCUT2D eigenvalue weighted by molar-refractivity contribution is 5.73. The maximum Gasteiger partial charge on any atom is 0.0515 e. The Morgan fingerprint density at radius 3 is 2.72 bits per heavy atom. The lowest BCUT2D eigenvalue weighted by Crippen LogP contribution is -2.17. The summed E-state index contributed by atoms with van der Waals surface area (Å²) in [5.74, 6) is 0. The van der Waals surface area contributed by atoms with Gasteiger partial charge in [-0.05, 0) is 43.5 Å². The molecule has 18 heavy (non-hydrogen) atoms. The van der Waals surface area contributed by atoms with E-state index >= 15 is 0 Å². The van der Waals surface area contributed by atoms with E-state index in [2.05, 4.69) is 60.3 Å². The fraction of sp³-hybridized carbons (Fsp3) is 0.188. The van der Waals surface area contributed by atoms with Gasteiger partial charge in [-0.1, -0.05) is 23.8 Å². The van der Waals surface area contributed by atoms with Crippen LogP contribution in [0.25, 0.3) is 0 Å². The molecule has 2 heterocycles. The lowest BCUT2D eigenvalue weighted by Gasteiger charge is -2.29. The molecule has 1 aliphatic heterocycles. The van der Waals surface area contributed by atoms with Gasteiger partial charge in [-0.2, -0.15) is 0 Å². The van der Waals surface area contributed by atoms with Crippen molar-refractivity contribution < 1.29 is 0 Å². The van der Waals surface area contributed by atoms with Crippen LogP contribution >= 0.6 is 0 Å². The Kier molecular flexibility index (Phi) is 2.63. The first-order chi connectivity index (χ1) is 8.75. The second kappa shape index (κ2) is 4.30. The van der Waals surface area contributed by atoms with E-state index in [1.807, 2.05) is 12.4 Å². The molecule has 3 rings (SSSR count). The first-order valence-corrected chi connectivity index (χ1v) is 6.21. The third kappa shape index (κ3) is 1.80. The third-order valence-electron chi connectivity index (χ3n) is 3.32. The van der Waals surface area contributed by atoms with Crippen molar-refractivity contribution in [3.63, 3.8) is 0 Å². The zero-order valence-corrected chi connectivity index (χ0v) is 10.7. The number of anilines is 2. The molecule has 0 N–H and O–H groups in total. The largest absolute Gasteiger partial charge is 0.317 e. The van der Waals surface area contributed by atoms with E-state index < -0.39 is 0 Å². The molecule has 0 atom stereocenters. The van der Waals surface area contributed by atoms with E-state index in [-0.39, 0.29) is 0 Å². The van der Waals surface area contributed by atoms with Gasteiger partial charge in [0.25, 0.3) is 0 Å². The Balaban J connectivity index is 2.16. The van der Waals surface area contributed by atoms with E-state index in [0.29, 0.717) is 0 Å². The minimum Gasteiger partial charge on any atom is -0.317 e. The molecule has 90 valence electrons. The minimum absolute atomic E-state index is 1.04. The molecule has 0 spiro atoms. The summed E-state index contributed by atoms with van der Waals surface area (Å²) in [7, 11) is 0. The highest BCUT2D eigenvalue weighted by atomic mass is 15.1. The van der Waals surface area contributed by atoms with E-state index in [9.17, 15) is 0 Å². The monoisotopic (exact) mass is 236 g/mol. The fourth-order valence-electron chi connectivity index (χ4n) is 2.47. The van der Waals surface area contributed by atoms with E-state index in [0.717, 1.165) is 6.42 Å². The summed E-state index contributed by atoms with van der Waals surface area (Å²) in [6, 6.07) is 10.7. The number of hydrogen-bond acceptors (Lipinski definition) is 2. The number of allylic oxidation sites excluding steroid dienone is 1. The van der Waals surface area contributed by atoms with Gasteiger partial charge in [0.15, 0.2) is 0 Å². The van der Waals surface area contributed by atoms with Crippen molar-refractivity contribution in [1.29, 1.82) is 0 Å². The molecule has 0 fully saturated rings. The molecule has 1 aromatic carbocycles. The van der Waals surface area contributed by atoms with Gasteiger partial charge in [-0.3, -0.25) is 4.98 Å². The lowest BCUT2D eigenvalue weighted by molar-refractivity contribution is 1.04. The van der Waals surface area contributed by atoms with Crippen LogP contribution in [0, 0.1) is 6.92 Å². The third-order valence-corrected chi connectivity index (χ3v) is 3.32.